The van der Waals surface area contributed by atoms with Gasteiger partial charge in [0.1, 0.15) is 6.04 Å². The van der Waals surface area contributed by atoms with Crippen molar-refractivity contribution in [1.29, 1.82) is 0 Å². The number of nitrogens with zero attached hydrogens (tertiary/aromatic N) is 2. The van der Waals surface area contributed by atoms with E-state index in [0.717, 1.165) is 43.1 Å². The molecule has 1 unspecified atom stereocenters. The van der Waals surface area contributed by atoms with Gasteiger partial charge in [0.05, 0.1) is 16.8 Å². The highest BCUT2D eigenvalue weighted by molar-refractivity contribution is 6.25. The first kappa shape index (κ1) is 19.6. The van der Waals surface area contributed by atoms with Crippen molar-refractivity contribution in [2.45, 2.75) is 38.6 Å². The molecule has 2 saturated heterocycles. The normalized spacial score (nSPS) is 22.9. The van der Waals surface area contributed by atoms with Gasteiger partial charge in [0.15, 0.2) is 0 Å². The summed E-state index contributed by atoms with van der Waals surface area (Å²) >= 11 is 0. The summed E-state index contributed by atoms with van der Waals surface area (Å²) in [6.07, 6.45) is 2.20. The molecule has 0 radical (unpaired) electrons. The van der Waals surface area contributed by atoms with Crippen LogP contribution in [-0.2, 0) is 14.3 Å². The molecule has 4 amide bonds. The summed E-state index contributed by atoms with van der Waals surface area (Å²) in [5.74, 6) is -1.38. The van der Waals surface area contributed by atoms with Crippen LogP contribution in [0.15, 0.2) is 18.2 Å². The molecule has 0 aromatic heterocycles. The minimum Gasteiger partial charge on any atom is -0.381 e. The molecule has 8 heteroatoms. The van der Waals surface area contributed by atoms with Crippen LogP contribution in [0.1, 0.15) is 53.3 Å². The van der Waals surface area contributed by atoms with Gasteiger partial charge >= 0.3 is 0 Å². The molecule has 3 aliphatic rings. The maximum Gasteiger partial charge on any atom is 0.264 e. The maximum absolute atomic E-state index is 13.2. The number of piperidine rings is 2. The quantitative estimate of drug-likeness (QED) is 0.751. The summed E-state index contributed by atoms with van der Waals surface area (Å²) < 4.78 is 5.53. The first-order valence-electron chi connectivity index (χ1n) is 10.2. The Morgan fingerprint density at radius 2 is 1.83 bits per heavy atom. The Morgan fingerprint density at radius 3 is 2.52 bits per heavy atom. The zero-order chi connectivity index (χ0) is 20.5. The summed E-state index contributed by atoms with van der Waals surface area (Å²) in [6, 6.07) is 4.33. The van der Waals surface area contributed by atoms with E-state index in [1.807, 2.05) is 13.0 Å². The molecule has 1 N–H and O–H groups in total. The van der Waals surface area contributed by atoms with E-state index in [1.54, 1.807) is 12.1 Å². The van der Waals surface area contributed by atoms with E-state index >= 15 is 0 Å². The Hall–Kier alpha value is -2.74. The van der Waals surface area contributed by atoms with Crippen molar-refractivity contribution < 1.29 is 23.9 Å². The Labute approximate surface area is 169 Å². The second-order valence-electron chi connectivity index (χ2n) is 7.74. The molecule has 3 heterocycles. The van der Waals surface area contributed by atoms with Crippen LogP contribution >= 0.6 is 0 Å². The molecule has 3 aliphatic heterocycles. The largest absolute Gasteiger partial charge is 0.381 e. The van der Waals surface area contributed by atoms with Crippen LogP contribution in [0, 0.1) is 5.92 Å². The monoisotopic (exact) mass is 399 g/mol. The minimum atomic E-state index is -0.940. The van der Waals surface area contributed by atoms with E-state index in [9.17, 15) is 19.2 Å². The number of nitrogens with one attached hydrogen (secondary N) is 1. The van der Waals surface area contributed by atoms with E-state index in [1.165, 1.54) is 0 Å². The predicted molar refractivity (Wildman–Crippen MR) is 105 cm³/mol. The van der Waals surface area contributed by atoms with E-state index < -0.39 is 23.8 Å². The highest BCUT2D eigenvalue weighted by atomic mass is 16.5. The molecule has 2 fully saturated rings. The Kier molecular flexibility index (Phi) is 5.36. The zero-order valence-electron chi connectivity index (χ0n) is 16.5. The van der Waals surface area contributed by atoms with Gasteiger partial charge in [-0.2, -0.15) is 0 Å². The van der Waals surface area contributed by atoms with E-state index in [-0.39, 0.29) is 18.7 Å². The third-order valence-electron chi connectivity index (χ3n) is 5.96. The number of fused-ring (bicyclic) bond motifs is 1. The van der Waals surface area contributed by atoms with Gasteiger partial charge in [-0.25, -0.2) is 0 Å². The fourth-order valence-corrected chi connectivity index (χ4v) is 4.39. The highest BCUT2D eigenvalue weighted by Gasteiger charge is 2.46. The number of anilines is 1. The Bertz CT molecular complexity index is 860. The molecule has 0 bridgehead atoms. The number of hydrogen-bond acceptors (Lipinski definition) is 6. The number of hydrogen-bond donors (Lipinski definition) is 1. The lowest BCUT2D eigenvalue weighted by molar-refractivity contribution is -0.136. The number of amides is 4. The van der Waals surface area contributed by atoms with Crippen molar-refractivity contribution in [3.63, 3.8) is 0 Å². The topological polar surface area (TPSA) is 96.0 Å². The molecule has 0 spiro atoms. The molecule has 4 rings (SSSR count). The van der Waals surface area contributed by atoms with Gasteiger partial charge in [-0.05, 0) is 44.2 Å². The van der Waals surface area contributed by atoms with Crippen molar-refractivity contribution in [1.82, 2.24) is 10.2 Å². The third-order valence-corrected chi connectivity index (χ3v) is 5.96. The van der Waals surface area contributed by atoms with Crippen molar-refractivity contribution in [3.05, 3.63) is 29.3 Å². The molecular weight excluding hydrogens is 374 g/mol. The lowest BCUT2D eigenvalue weighted by Crippen LogP contribution is -2.54. The van der Waals surface area contributed by atoms with Crippen molar-refractivity contribution in [2.75, 3.05) is 31.2 Å². The van der Waals surface area contributed by atoms with Crippen LogP contribution in [0.3, 0.4) is 0 Å². The van der Waals surface area contributed by atoms with Gasteiger partial charge in [0, 0.05) is 32.7 Å². The third kappa shape index (κ3) is 3.53. The lowest BCUT2D eigenvalue weighted by atomic mass is 9.96. The number of imide groups is 2. The number of rotatable bonds is 5. The van der Waals surface area contributed by atoms with E-state index in [4.69, 9.17) is 4.74 Å². The van der Waals surface area contributed by atoms with Gasteiger partial charge in [-0.15, -0.1) is 0 Å². The summed E-state index contributed by atoms with van der Waals surface area (Å²) in [4.78, 5) is 53.0. The van der Waals surface area contributed by atoms with Crippen LogP contribution < -0.4 is 10.2 Å². The van der Waals surface area contributed by atoms with Crippen molar-refractivity contribution in [3.8, 4) is 0 Å². The average Bonchev–Trinajstić information content (AvgIpc) is 2.98. The van der Waals surface area contributed by atoms with Crippen LogP contribution in [0.5, 0.6) is 0 Å². The Balaban J connectivity index is 1.56. The standard InChI is InChI=1S/C21H25N3O5/c1-2-29-12-13-8-10-23(11-9-13)15-5-3-4-14-18(15)21(28)24(20(14)27)16-6-7-17(25)22-19(16)26/h3-5,13,16H,2,6-12H2,1H3,(H,22,25,26). The van der Waals surface area contributed by atoms with Gasteiger partial charge < -0.3 is 9.64 Å². The summed E-state index contributed by atoms with van der Waals surface area (Å²) in [7, 11) is 0. The van der Waals surface area contributed by atoms with Gasteiger partial charge in [-0.3, -0.25) is 29.4 Å². The second kappa shape index (κ2) is 7.94. The Morgan fingerprint density at radius 1 is 1.07 bits per heavy atom. The van der Waals surface area contributed by atoms with E-state index in [0.29, 0.717) is 23.7 Å². The molecule has 0 aliphatic carbocycles. The minimum absolute atomic E-state index is 0.115. The average molecular weight is 399 g/mol. The first-order valence-corrected chi connectivity index (χ1v) is 10.2. The van der Waals surface area contributed by atoms with Crippen LogP contribution in [0.2, 0.25) is 0 Å². The van der Waals surface area contributed by atoms with E-state index in [2.05, 4.69) is 10.2 Å². The van der Waals surface area contributed by atoms with Crippen LogP contribution in [0.25, 0.3) is 0 Å². The first-order chi connectivity index (χ1) is 14.0. The predicted octanol–water partition coefficient (Wildman–Crippen LogP) is 1.34. The summed E-state index contributed by atoms with van der Waals surface area (Å²) in [6.45, 7) is 5.01. The van der Waals surface area contributed by atoms with Gasteiger partial charge in [0.25, 0.3) is 11.8 Å². The molecule has 1 atom stereocenters. The van der Waals surface area contributed by atoms with Crippen LogP contribution in [-0.4, -0.2) is 60.9 Å². The molecule has 29 heavy (non-hydrogen) atoms. The molecule has 8 nitrogen and oxygen atoms in total. The molecule has 0 saturated carbocycles. The van der Waals surface area contributed by atoms with Gasteiger partial charge in [-0.1, -0.05) is 6.07 Å². The SMILES string of the molecule is CCOCC1CCN(c2cccc3c2C(=O)N(C2CCC(=O)NC2=O)C3=O)CC1. The van der Waals surface area contributed by atoms with Gasteiger partial charge in [0.2, 0.25) is 11.8 Å². The summed E-state index contributed by atoms with van der Waals surface area (Å²) in [5.41, 5.74) is 1.43. The number of carbonyl (C=O) groups is 4. The van der Waals surface area contributed by atoms with Crippen LogP contribution in [0.4, 0.5) is 5.69 Å². The molecular formula is C21H25N3O5. The number of carbonyl (C=O) groups excluding carboxylic acids is 4. The number of benzene rings is 1. The molecule has 154 valence electrons. The van der Waals surface area contributed by atoms with Crippen molar-refractivity contribution in [2.24, 2.45) is 5.92 Å². The number of ether oxygens (including phenoxy) is 1. The highest BCUT2D eigenvalue weighted by Crippen LogP contribution is 2.35. The lowest BCUT2D eigenvalue weighted by Gasteiger charge is -2.34. The van der Waals surface area contributed by atoms with Crippen molar-refractivity contribution >= 4 is 29.3 Å². The second-order valence-corrected chi connectivity index (χ2v) is 7.74. The fourth-order valence-electron chi connectivity index (χ4n) is 4.39. The maximum atomic E-state index is 13.2. The molecule has 1 aromatic rings. The zero-order valence-corrected chi connectivity index (χ0v) is 16.5. The molecule has 1 aromatic carbocycles. The smallest absolute Gasteiger partial charge is 0.264 e. The fraction of sp³-hybridized carbons (Fsp3) is 0.524. The summed E-state index contributed by atoms with van der Waals surface area (Å²) in [5, 5.41) is 2.23.